The molecule has 0 aliphatic carbocycles. The summed E-state index contributed by atoms with van der Waals surface area (Å²) in [4.78, 5) is 0. The van der Waals surface area contributed by atoms with E-state index in [1.165, 1.54) is 61.2 Å². The molecule has 0 N–H and O–H groups in total. The summed E-state index contributed by atoms with van der Waals surface area (Å²) in [7, 11) is 0. The van der Waals surface area contributed by atoms with Crippen molar-refractivity contribution in [1.82, 2.24) is 0 Å². The van der Waals surface area contributed by atoms with Gasteiger partial charge in [-0.1, -0.05) is 6.07 Å². The lowest BCUT2D eigenvalue weighted by Crippen LogP contribution is -2.03. The summed E-state index contributed by atoms with van der Waals surface area (Å²) in [6.07, 6.45) is 0. The highest BCUT2D eigenvalue weighted by Gasteiger charge is 2.18. The first-order valence-electron chi connectivity index (χ1n) is 7.83. The van der Waals surface area contributed by atoms with E-state index in [1.807, 2.05) is 0 Å². The molecule has 0 aliphatic rings. The molecule has 0 spiro atoms. The average molecular weight is 280 g/mol. The van der Waals surface area contributed by atoms with Crippen LogP contribution >= 0.6 is 0 Å². The van der Waals surface area contributed by atoms with Crippen LogP contribution in [0.2, 0.25) is 0 Å². The molecule has 0 fully saturated rings. The zero-order valence-corrected chi connectivity index (χ0v) is 15.1. The molecule has 2 rings (SSSR count). The molecular weight excluding hydrogens is 252 g/mol. The molecular formula is C21H28. The summed E-state index contributed by atoms with van der Waals surface area (Å²) < 4.78 is 0. The third-order valence-electron chi connectivity index (χ3n) is 5.61. The maximum atomic E-state index is 2.33. The van der Waals surface area contributed by atoms with Gasteiger partial charge in [0.15, 0.2) is 0 Å². The Hall–Kier alpha value is -1.56. The quantitative estimate of drug-likeness (QED) is 0.589. The fourth-order valence-corrected chi connectivity index (χ4v) is 3.54. The van der Waals surface area contributed by atoms with Crippen molar-refractivity contribution in [3.05, 3.63) is 56.1 Å². The van der Waals surface area contributed by atoms with E-state index >= 15 is 0 Å². The first-order chi connectivity index (χ1) is 9.68. The van der Waals surface area contributed by atoms with Crippen molar-refractivity contribution >= 4 is 0 Å². The van der Waals surface area contributed by atoms with Gasteiger partial charge in [-0.25, -0.2) is 0 Å². The molecule has 21 heavy (non-hydrogen) atoms. The molecule has 0 aliphatic heterocycles. The molecule has 0 heterocycles. The summed E-state index contributed by atoms with van der Waals surface area (Å²) >= 11 is 0. The van der Waals surface area contributed by atoms with Gasteiger partial charge in [-0.3, -0.25) is 0 Å². The minimum atomic E-state index is 1.39. The Labute approximate surface area is 130 Å². The van der Waals surface area contributed by atoms with E-state index in [-0.39, 0.29) is 0 Å². The number of hydrogen-bond donors (Lipinski definition) is 0. The van der Waals surface area contributed by atoms with Crippen molar-refractivity contribution in [1.29, 1.82) is 0 Å². The molecule has 2 aromatic carbocycles. The van der Waals surface area contributed by atoms with Gasteiger partial charge in [-0.15, -0.1) is 0 Å². The standard InChI is InChI=1S/C21H28/c1-11-10-12(2)20(17(7)13(11)3)21-18(8)15(5)14(4)16(6)19(21)9/h10H,1-9H3. The van der Waals surface area contributed by atoms with Crippen LogP contribution in [-0.4, -0.2) is 0 Å². The maximum absolute atomic E-state index is 2.33. The Morgan fingerprint density at radius 3 is 1.24 bits per heavy atom. The van der Waals surface area contributed by atoms with Crippen molar-refractivity contribution < 1.29 is 0 Å². The first-order valence-corrected chi connectivity index (χ1v) is 7.83. The minimum Gasteiger partial charge on any atom is -0.0555 e. The van der Waals surface area contributed by atoms with Crippen LogP contribution in [0.4, 0.5) is 0 Å². The highest BCUT2D eigenvalue weighted by Crippen LogP contribution is 2.38. The normalized spacial score (nSPS) is 11.1. The maximum Gasteiger partial charge on any atom is -0.0115 e. The summed E-state index contributed by atoms with van der Waals surface area (Å²) in [6, 6.07) is 2.33. The lowest BCUT2D eigenvalue weighted by atomic mass is 9.81. The molecule has 0 aromatic heterocycles. The van der Waals surface area contributed by atoms with Gasteiger partial charge in [0.2, 0.25) is 0 Å². The molecule has 0 radical (unpaired) electrons. The van der Waals surface area contributed by atoms with Gasteiger partial charge in [0.25, 0.3) is 0 Å². The zero-order valence-electron chi connectivity index (χ0n) is 15.1. The Morgan fingerprint density at radius 1 is 0.381 bits per heavy atom. The van der Waals surface area contributed by atoms with Crippen LogP contribution in [0.5, 0.6) is 0 Å². The van der Waals surface area contributed by atoms with Crippen LogP contribution < -0.4 is 0 Å². The van der Waals surface area contributed by atoms with E-state index in [9.17, 15) is 0 Å². The second-order valence-corrected chi connectivity index (χ2v) is 6.64. The topological polar surface area (TPSA) is 0 Å². The van der Waals surface area contributed by atoms with E-state index in [4.69, 9.17) is 0 Å². The number of aryl methyl sites for hydroxylation is 2. The number of rotatable bonds is 1. The lowest BCUT2D eigenvalue weighted by Gasteiger charge is -2.23. The molecule has 0 saturated carbocycles. The molecule has 0 heteroatoms. The van der Waals surface area contributed by atoms with Crippen LogP contribution in [0.1, 0.15) is 50.1 Å². The Bertz CT molecular complexity index is 702. The third-order valence-corrected chi connectivity index (χ3v) is 5.61. The zero-order chi connectivity index (χ0) is 16.1. The predicted octanol–water partition coefficient (Wildman–Crippen LogP) is 6.13. The van der Waals surface area contributed by atoms with Crippen LogP contribution in [0.15, 0.2) is 6.07 Å². The highest BCUT2D eigenvalue weighted by atomic mass is 14.2. The van der Waals surface area contributed by atoms with Gasteiger partial charge >= 0.3 is 0 Å². The van der Waals surface area contributed by atoms with E-state index in [0.717, 1.165) is 0 Å². The molecule has 112 valence electrons. The SMILES string of the molecule is Cc1cc(C)c(-c2c(C)c(C)c(C)c(C)c2C)c(C)c1C. The van der Waals surface area contributed by atoms with Crippen molar-refractivity contribution in [3.63, 3.8) is 0 Å². The van der Waals surface area contributed by atoms with E-state index in [1.54, 1.807) is 0 Å². The van der Waals surface area contributed by atoms with Gasteiger partial charge in [0.1, 0.15) is 0 Å². The summed E-state index contributed by atoms with van der Waals surface area (Å²) in [6.45, 7) is 20.3. The highest BCUT2D eigenvalue weighted by molar-refractivity contribution is 5.80. The van der Waals surface area contributed by atoms with Crippen molar-refractivity contribution in [2.45, 2.75) is 62.3 Å². The van der Waals surface area contributed by atoms with Gasteiger partial charge < -0.3 is 0 Å². The van der Waals surface area contributed by atoms with Crippen LogP contribution in [0.25, 0.3) is 11.1 Å². The number of benzene rings is 2. The smallest absolute Gasteiger partial charge is 0.0115 e. The molecule has 0 amide bonds. The van der Waals surface area contributed by atoms with Gasteiger partial charge in [-0.05, 0) is 124 Å². The van der Waals surface area contributed by atoms with E-state index in [0.29, 0.717) is 0 Å². The summed E-state index contributed by atoms with van der Waals surface area (Å²) in [5.41, 5.74) is 15.7. The molecule has 2 aromatic rings. The monoisotopic (exact) mass is 280 g/mol. The fraction of sp³-hybridized carbons (Fsp3) is 0.429. The van der Waals surface area contributed by atoms with Gasteiger partial charge in [-0.2, -0.15) is 0 Å². The second-order valence-electron chi connectivity index (χ2n) is 6.64. The van der Waals surface area contributed by atoms with E-state index < -0.39 is 0 Å². The van der Waals surface area contributed by atoms with Gasteiger partial charge in [0.05, 0.1) is 0 Å². The second kappa shape index (κ2) is 5.33. The lowest BCUT2D eigenvalue weighted by molar-refractivity contribution is 1.16. The predicted molar refractivity (Wildman–Crippen MR) is 94.5 cm³/mol. The van der Waals surface area contributed by atoms with Crippen LogP contribution in [-0.2, 0) is 0 Å². The molecule has 0 nitrogen and oxygen atoms in total. The molecule has 0 atom stereocenters. The molecule has 0 bridgehead atoms. The van der Waals surface area contributed by atoms with E-state index in [2.05, 4.69) is 68.4 Å². The van der Waals surface area contributed by atoms with Crippen molar-refractivity contribution in [3.8, 4) is 11.1 Å². The fourth-order valence-electron chi connectivity index (χ4n) is 3.54. The Balaban J connectivity index is 2.96. The molecule has 0 saturated heterocycles. The summed E-state index contributed by atoms with van der Waals surface area (Å²) in [5, 5.41) is 0. The van der Waals surface area contributed by atoms with Crippen molar-refractivity contribution in [2.75, 3.05) is 0 Å². The summed E-state index contributed by atoms with van der Waals surface area (Å²) in [5.74, 6) is 0. The Kier molecular flexibility index (Phi) is 4.02. The van der Waals surface area contributed by atoms with Gasteiger partial charge in [0, 0.05) is 0 Å². The largest absolute Gasteiger partial charge is 0.0555 e. The minimum absolute atomic E-state index is 1.39. The van der Waals surface area contributed by atoms with Crippen molar-refractivity contribution in [2.24, 2.45) is 0 Å². The number of hydrogen-bond acceptors (Lipinski definition) is 0. The Morgan fingerprint density at radius 2 is 0.762 bits per heavy atom. The van der Waals surface area contributed by atoms with Crippen LogP contribution in [0, 0.1) is 62.3 Å². The first kappa shape index (κ1) is 15.8. The van der Waals surface area contributed by atoms with Crippen LogP contribution in [0.3, 0.4) is 0 Å². The average Bonchev–Trinajstić information content (AvgIpc) is 2.44. The third kappa shape index (κ3) is 2.31. The molecule has 0 unspecified atom stereocenters.